The zero-order chi connectivity index (χ0) is 17.6. The molecule has 0 aliphatic carbocycles. The molecule has 2 rings (SSSR count). The molecule has 3 nitrogen and oxygen atoms in total. The van der Waals surface area contributed by atoms with E-state index in [4.69, 9.17) is 9.47 Å². The van der Waals surface area contributed by atoms with Gasteiger partial charge in [0.05, 0.1) is 0 Å². The van der Waals surface area contributed by atoms with Gasteiger partial charge in [0.2, 0.25) is 0 Å². The summed E-state index contributed by atoms with van der Waals surface area (Å²) in [6.07, 6.45) is 1.89. The van der Waals surface area contributed by atoms with Gasteiger partial charge in [0.15, 0.2) is 13.1 Å². The normalized spacial score (nSPS) is 13.8. The molecule has 2 unspecified atom stereocenters. The van der Waals surface area contributed by atoms with Crippen LogP contribution < -0.4 is 10.0 Å². The minimum atomic E-state index is -0.103. The Morgan fingerprint density at radius 1 is 1.17 bits per heavy atom. The van der Waals surface area contributed by atoms with Gasteiger partial charge in [0.25, 0.3) is 0 Å². The second kappa shape index (κ2) is 8.41. The standard InChI is InChI=1S/C20H25O3P/c1-5-20(3,24-18-12-7-6-10-16(18)13-21)17-11-8-9-15(2)19(17)23-14-22-4/h6-13,24H,5,14H2,1-4H3. The average molecular weight is 344 g/mol. The third-order valence-corrected chi connectivity index (χ3v) is 6.23. The number of carbonyl (C=O) groups excluding carboxylic acids is 1. The van der Waals surface area contributed by atoms with E-state index in [1.54, 1.807) is 7.11 Å². The summed E-state index contributed by atoms with van der Waals surface area (Å²) in [5, 5.41) is 0.991. The summed E-state index contributed by atoms with van der Waals surface area (Å²) in [5.41, 5.74) is 3.03. The first-order chi connectivity index (χ1) is 11.6. The number of para-hydroxylation sites is 1. The third-order valence-electron chi connectivity index (χ3n) is 4.33. The van der Waals surface area contributed by atoms with Crippen LogP contribution in [0.3, 0.4) is 0 Å². The molecule has 128 valence electrons. The molecule has 0 heterocycles. The fourth-order valence-electron chi connectivity index (χ4n) is 2.75. The SMILES string of the molecule is CCC(C)(Pc1ccccc1C=O)c1cccc(C)c1OCOC. The molecule has 24 heavy (non-hydrogen) atoms. The Bertz CT molecular complexity index is 699. The molecule has 2 atom stereocenters. The monoisotopic (exact) mass is 344 g/mol. The number of hydrogen-bond acceptors (Lipinski definition) is 3. The van der Waals surface area contributed by atoms with Crippen LogP contribution in [0, 0.1) is 6.92 Å². The molecular formula is C20H25O3P. The number of ether oxygens (including phenoxy) is 2. The summed E-state index contributed by atoms with van der Waals surface area (Å²) in [5.74, 6) is 0.889. The smallest absolute Gasteiger partial charge is 0.188 e. The average Bonchev–Trinajstić information content (AvgIpc) is 2.60. The summed E-state index contributed by atoms with van der Waals surface area (Å²) in [4.78, 5) is 11.4. The maximum absolute atomic E-state index is 11.4. The lowest BCUT2D eigenvalue weighted by Gasteiger charge is -2.32. The molecule has 0 radical (unpaired) electrons. The van der Waals surface area contributed by atoms with Crippen molar-refractivity contribution in [3.63, 3.8) is 0 Å². The topological polar surface area (TPSA) is 35.5 Å². The number of rotatable bonds is 8. The van der Waals surface area contributed by atoms with E-state index in [-0.39, 0.29) is 11.9 Å². The molecule has 0 bridgehead atoms. The second-order valence-corrected chi connectivity index (χ2v) is 7.91. The molecule has 0 aliphatic rings. The van der Waals surface area contributed by atoms with Gasteiger partial charge < -0.3 is 9.47 Å². The lowest BCUT2D eigenvalue weighted by atomic mass is 9.94. The number of aldehydes is 1. The minimum absolute atomic E-state index is 0.103. The molecule has 0 amide bonds. The Labute approximate surface area is 146 Å². The van der Waals surface area contributed by atoms with Crippen molar-refractivity contribution in [2.75, 3.05) is 13.9 Å². The molecule has 0 spiro atoms. The van der Waals surface area contributed by atoms with Gasteiger partial charge in [-0.2, -0.15) is 0 Å². The van der Waals surface area contributed by atoms with Crippen LogP contribution in [-0.2, 0) is 9.89 Å². The maximum Gasteiger partial charge on any atom is 0.188 e. The summed E-state index contributed by atoms with van der Waals surface area (Å²) in [6, 6.07) is 14.1. The first-order valence-corrected chi connectivity index (χ1v) is 9.10. The van der Waals surface area contributed by atoms with Crippen molar-refractivity contribution in [3.8, 4) is 5.75 Å². The second-order valence-electron chi connectivity index (χ2n) is 6.02. The van der Waals surface area contributed by atoms with Gasteiger partial charge in [0.1, 0.15) is 5.75 Å². The Morgan fingerprint density at radius 2 is 1.92 bits per heavy atom. The molecule has 2 aromatic carbocycles. The zero-order valence-electron chi connectivity index (χ0n) is 14.8. The van der Waals surface area contributed by atoms with Crippen molar-refractivity contribution < 1.29 is 14.3 Å². The highest BCUT2D eigenvalue weighted by Crippen LogP contribution is 2.48. The minimum Gasteiger partial charge on any atom is -0.467 e. The largest absolute Gasteiger partial charge is 0.467 e. The van der Waals surface area contributed by atoms with Crippen LogP contribution in [0.2, 0.25) is 0 Å². The van der Waals surface area contributed by atoms with E-state index < -0.39 is 0 Å². The highest BCUT2D eigenvalue weighted by Gasteiger charge is 2.30. The molecule has 0 saturated carbocycles. The lowest BCUT2D eigenvalue weighted by Crippen LogP contribution is -2.21. The van der Waals surface area contributed by atoms with Gasteiger partial charge in [-0.15, -0.1) is 0 Å². The molecule has 4 heteroatoms. The summed E-state index contributed by atoms with van der Waals surface area (Å²) in [7, 11) is 2.10. The first kappa shape index (κ1) is 18.6. The maximum atomic E-state index is 11.4. The number of carbonyl (C=O) groups is 1. The van der Waals surface area contributed by atoms with Crippen molar-refractivity contribution in [1.82, 2.24) is 0 Å². The fraction of sp³-hybridized carbons (Fsp3) is 0.350. The molecule has 0 saturated heterocycles. The Balaban J connectivity index is 2.46. The summed E-state index contributed by atoms with van der Waals surface area (Å²) in [6.45, 7) is 6.69. The first-order valence-electron chi connectivity index (χ1n) is 8.10. The van der Waals surface area contributed by atoms with E-state index in [1.807, 2.05) is 37.3 Å². The zero-order valence-corrected chi connectivity index (χ0v) is 15.8. The Kier molecular flexibility index (Phi) is 6.53. The van der Waals surface area contributed by atoms with Crippen LogP contribution in [0.25, 0.3) is 0 Å². The summed E-state index contributed by atoms with van der Waals surface area (Å²) < 4.78 is 11.0. The van der Waals surface area contributed by atoms with Gasteiger partial charge >= 0.3 is 0 Å². The van der Waals surface area contributed by atoms with Crippen molar-refractivity contribution in [2.45, 2.75) is 32.3 Å². The van der Waals surface area contributed by atoms with Crippen LogP contribution in [0.1, 0.15) is 41.8 Å². The van der Waals surface area contributed by atoms with E-state index in [0.29, 0.717) is 8.58 Å². The number of benzene rings is 2. The van der Waals surface area contributed by atoms with E-state index in [9.17, 15) is 4.79 Å². The molecule has 0 aliphatic heterocycles. The van der Waals surface area contributed by atoms with Gasteiger partial charge in [-0.1, -0.05) is 64.9 Å². The van der Waals surface area contributed by atoms with Crippen molar-refractivity contribution in [3.05, 3.63) is 59.2 Å². The number of methoxy groups -OCH3 is 1. The highest BCUT2D eigenvalue weighted by molar-refractivity contribution is 7.48. The number of aryl methyl sites for hydroxylation is 1. The molecule has 0 N–H and O–H groups in total. The van der Waals surface area contributed by atoms with Gasteiger partial charge in [-0.25, -0.2) is 0 Å². The molecule has 2 aromatic rings. The third kappa shape index (κ3) is 4.03. The molecule has 0 fully saturated rings. The van der Waals surface area contributed by atoms with Crippen LogP contribution in [0.4, 0.5) is 0 Å². The molecule has 0 aromatic heterocycles. The highest BCUT2D eigenvalue weighted by atomic mass is 31.1. The summed E-state index contributed by atoms with van der Waals surface area (Å²) >= 11 is 0. The van der Waals surface area contributed by atoms with Gasteiger partial charge in [0, 0.05) is 23.4 Å². The fourth-order valence-corrected chi connectivity index (χ4v) is 4.32. The van der Waals surface area contributed by atoms with Crippen LogP contribution in [0.5, 0.6) is 5.75 Å². The van der Waals surface area contributed by atoms with E-state index >= 15 is 0 Å². The van der Waals surface area contributed by atoms with Gasteiger partial charge in [-0.3, -0.25) is 4.79 Å². The van der Waals surface area contributed by atoms with E-state index in [0.717, 1.165) is 34.9 Å². The van der Waals surface area contributed by atoms with E-state index in [2.05, 4.69) is 26.0 Å². The lowest BCUT2D eigenvalue weighted by molar-refractivity contribution is 0.0495. The molecular weight excluding hydrogens is 319 g/mol. The predicted octanol–water partition coefficient (Wildman–Crippen LogP) is 4.42. The number of hydrogen-bond donors (Lipinski definition) is 0. The van der Waals surface area contributed by atoms with Crippen LogP contribution in [-0.4, -0.2) is 20.2 Å². The predicted molar refractivity (Wildman–Crippen MR) is 101 cm³/mol. The van der Waals surface area contributed by atoms with Crippen LogP contribution in [0.15, 0.2) is 42.5 Å². The Morgan fingerprint density at radius 3 is 2.58 bits per heavy atom. The van der Waals surface area contributed by atoms with Crippen molar-refractivity contribution >= 4 is 20.2 Å². The van der Waals surface area contributed by atoms with E-state index in [1.165, 1.54) is 5.56 Å². The Hall–Kier alpha value is -1.70. The van der Waals surface area contributed by atoms with Crippen molar-refractivity contribution in [2.24, 2.45) is 0 Å². The van der Waals surface area contributed by atoms with Crippen LogP contribution >= 0.6 is 8.58 Å². The van der Waals surface area contributed by atoms with Gasteiger partial charge in [-0.05, 0) is 24.2 Å². The quantitative estimate of drug-likeness (QED) is 0.404. The van der Waals surface area contributed by atoms with Crippen molar-refractivity contribution in [1.29, 1.82) is 0 Å².